The van der Waals surface area contributed by atoms with Gasteiger partial charge in [-0.05, 0) is 89.9 Å². The molecule has 18 heteroatoms. The molecular formula is C58H106Cl2N2O14. The van der Waals surface area contributed by atoms with Crippen LogP contribution in [0.5, 0.6) is 0 Å². The summed E-state index contributed by atoms with van der Waals surface area (Å²) in [5, 5.41) is 21.9. The number of hydrogen-bond acceptors (Lipinski definition) is 14. The summed E-state index contributed by atoms with van der Waals surface area (Å²) in [5.41, 5.74) is 0. The fourth-order valence-corrected chi connectivity index (χ4v) is 8.08. The number of rotatable bonds is 49. The van der Waals surface area contributed by atoms with Gasteiger partial charge in [0.15, 0.2) is 13.1 Å². The largest absolute Gasteiger partial charge is 1.00 e. The Morgan fingerprint density at radius 3 is 1.08 bits per heavy atom. The summed E-state index contributed by atoms with van der Waals surface area (Å²) in [7, 11) is 7.57. The standard InChI is InChI=1S/C58H106N2O14.2ClH/c1-9-13-27-37-51(73-57(67)47-59(5,6)41-43-69-53(63)33-11-3)49(61)35-29-23-19-15-17-21-25-31-39-55(65)71-45-46-72-56(66)40-32-26-22-18-16-20-24-30-36-50(62)52(38-28-14-10-2)74-58(68)48-60(7,8)42-44-70-54(64)34-12-4;;/h23-24,29-30,49-52,61-62H,9-22,25-28,31-48H2,1-8H3;2*1H/q+2;;/p-2/b29-23-,30-24-;;. The van der Waals surface area contributed by atoms with Crippen LogP contribution in [-0.2, 0) is 57.2 Å². The maximum Gasteiger partial charge on any atom is 0.362 e. The lowest BCUT2D eigenvalue weighted by Gasteiger charge is -2.30. The van der Waals surface area contributed by atoms with Crippen molar-refractivity contribution < 1.29 is 101 Å². The lowest BCUT2D eigenvalue weighted by atomic mass is 10.0. The van der Waals surface area contributed by atoms with Crippen molar-refractivity contribution in [3.63, 3.8) is 0 Å². The van der Waals surface area contributed by atoms with Crippen molar-refractivity contribution in [3.8, 4) is 0 Å². The number of nitrogens with zero attached hydrogens (tertiary/aromatic N) is 2. The molecule has 0 aliphatic heterocycles. The minimum Gasteiger partial charge on any atom is -1.00 e. The Morgan fingerprint density at radius 1 is 0.395 bits per heavy atom. The van der Waals surface area contributed by atoms with Crippen LogP contribution in [0.4, 0.5) is 0 Å². The number of likely N-dealkylation sites (N-methyl/N-ethyl adjacent to an activating group) is 2. The zero-order valence-electron chi connectivity index (χ0n) is 48.5. The number of hydrogen-bond donors (Lipinski definition) is 2. The molecule has 0 bridgehead atoms. The third-order valence-corrected chi connectivity index (χ3v) is 12.8. The zero-order valence-corrected chi connectivity index (χ0v) is 50.0. The van der Waals surface area contributed by atoms with E-state index in [0.717, 1.165) is 128 Å². The maximum absolute atomic E-state index is 12.9. The first-order chi connectivity index (χ1) is 35.4. The van der Waals surface area contributed by atoms with Gasteiger partial charge in [-0.1, -0.05) is 116 Å². The van der Waals surface area contributed by atoms with Crippen LogP contribution in [0.2, 0.25) is 0 Å². The fourth-order valence-electron chi connectivity index (χ4n) is 8.08. The number of allylic oxidation sites excluding steroid dienone is 2. The van der Waals surface area contributed by atoms with E-state index in [2.05, 4.69) is 26.0 Å². The number of carbonyl (C=O) groups excluding carboxylic acids is 6. The van der Waals surface area contributed by atoms with Gasteiger partial charge in [-0.3, -0.25) is 19.2 Å². The summed E-state index contributed by atoms with van der Waals surface area (Å²) in [5.74, 6) is -1.79. The second-order valence-electron chi connectivity index (χ2n) is 21.2. The van der Waals surface area contributed by atoms with Gasteiger partial charge in [0, 0.05) is 25.7 Å². The molecule has 4 atom stereocenters. The molecule has 0 fully saturated rings. The third-order valence-electron chi connectivity index (χ3n) is 12.8. The minimum atomic E-state index is -0.789. The number of quaternary nitrogens is 2. The topological polar surface area (TPSA) is 198 Å². The van der Waals surface area contributed by atoms with Crippen molar-refractivity contribution in [2.45, 2.75) is 232 Å². The van der Waals surface area contributed by atoms with Crippen molar-refractivity contribution in [1.82, 2.24) is 0 Å². The van der Waals surface area contributed by atoms with Crippen LogP contribution in [0.1, 0.15) is 207 Å². The number of carbonyl (C=O) groups is 6. The number of esters is 6. The van der Waals surface area contributed by atoms with E-state index in [1.165, 1.54) is 0 Å². The van der Waals surface area contributed by atoms with Crippen LogP contribution in [-0.4, -0.2) is 160 Å². The van der Waals surface area contributed by atoms with E-state index in [1.807, 2.05) is 54.2 Å². The van der Waals surface area contributed by atoms with Gasteiger partial charge in [0.05, 0.1) is 40.4 Å². The van der Waals surface area contributed by atoms with E-state index in [9.17, 15) is 39.0 Å². The molecule has 0 saturated heterocycles. The quantitative estimate of drug-likeness (QED) is 0.0292. The summed E-state index contributed by atoms with van der Waals surface area (Å²) in [6.07, 6.45) is 27.1. The molecule has 0 aromatic carbocycles. The molecule has 0 aliphatic carbocycles. The highest BCUT2D eigenvalue weighted by Crippen LogP contribution is 2.18. The lowest BCUT2D eigenvalue weighted by molar-refractivity contribution is -0.883. The van der Waals surface area contributed by atoms with E-state index in [-0.39, 0.29) is 100 Å². The lowest BCUT2D eigenvalue weighted by Crippen LogP contribution is -3.00. The Kier molecular flexibility index (Phi) is 50.6. The molecular weight excluding hydrogens is 1020 g/mol. The Hall–Kier alpha value is -3.28. The Labute approximate surface area is 472 Å². The fraction of sp³-hybridized carbons (Fsp3) is 0.828. The van der Waals surface area contributed by atoms with E-state index >= 15 is 0 Å². The summed E-state index contributed by atoms with van der Waals surface area (Å²) in [6.45, 7) is 9.85. The summed E-state index contributed by atoms with van der Waals surface area (Å²) in [6, 6.07) is 0. The van der Waals surface area contributed by atoms with Crippen LogP contribution in [0.25, 0.3) is 0 Å². The van der Waals surface area contributed by atoms with Gasteiger partial charge in [0.25, 0.3) is 0 Å². The summed E-state index contributed by atoms with van der Waals surface area (Å²) in [4.78, 5) is 73.5. The van der Waals surface area contributed by atoms with Crippen molar-refractivity contribution >= 4 is 35.8 Å². The number of aliphatic hydroxyl groups excluding tert-OH is 2. The molecule has 0 rings (SSSR count). The van der Waals surface area contributed by atoms with Gasteiger partial charge in [0.2, 0.25) is 0 Å². The Morgan fingerprint density at radius 2 is 0.724 bits per heavy atom. The highest BCUT2D eigenvalue weighted by atomic mass is 35.5. The molecule has 0 saturated carbocycles. The van der Waals surface area contributed by atoms with E-state index < -0.39 is 24.4 Å². The van der Waals surface area contributed by atoms with E-state index in [1.54, 1.807) is 0 Å². The highest BCUT2D eigenvalue weighted by molar-refractivity contribution is 5.72. The zero-order chi connectivity index (χ0) is 55.3. The molecule has 2 N–H and O–H groups in total. The second-order valence-corrected chi connectivity index (χ2v) is 21.2. The maximum atomic E-state index is 12.9. The van der Waals surface area contributed by atoms with Crippen molar-refractivity contribution in [1.29, 1.82) is 0 Å². The normalized spacial score (nSPS) is 13.2. The molecule has 16 nitrogen and oxygen atoms in total. The highest BCUT2D eigenvalue weighted by Gasteiger charge is 2.29. The minimum absolute atomic E-state index is 0. The first kappa shape index (κ1) is 77.0. The molecule has 0 aliphatic rings. The van der Waals surface area contributed by atoms with E-state index in [0.29, 0.717) is 73.4 Å². The molecule has 0 aromatic heterocycles. The van der Waals surface area contributed by atoms with Gasteiger partial charge in [-0.15, -0.1) is 0 Å². The Balaban J connectivity index is -0.0000266. The number of halogens is 2. The van der Waals surface area contributed by atoms with Crippen molar-refractivity contribution in [2.75, 3.05) is 80.8 Å². The van der Waals surface area contributed by atoms with Gasteiger partial charge in [-0.25, -0.2) is 9.59 Å². The van der Waals surface area contributed by atoms with Gasteiger partial charge >= 0.3 is 35.8 Å². The smallest absolute Gasteiger partial charge is 0.362 e. The van der Waals surface area contributed by atoms with Crippen molar-refractivity contribution in [2.24, 2.45) is 0 Å². The molecule has 0 aromatic rings. The van der Waals surface area contributed by atoms with Gasteiger partial charge < -0.3 is 72.4 Å². The summed E-state index contributed by atoms with van der Waals surface area (Å²) >= 11 is 0. The van der Waals surface area contributed by atoms with E-state index in [4.69, 9.17) is 28.4 Å². The molecule has 446 valence electrons. The molecule has 0 amide bonds. The third kappa shape index (κ3) is 46.8. The predicted molar refractivity (Wildman–Crippen MR) is 290 cm³/mol. The molecule has 4 unspecified atom stereocenters. The second kappa shape index (κ2) is 50.0. The van der Waals surface area contributed by atoms with Crippen LogP contribution in [0, 0.1) is 0 Å². The first-order valence-corrected chi connectivity index (χ1v) is 28.7. The van der Waals surface area contributed by atoms with Crippen LogP contribution in [0.15, 0.2) is 24.3 Å². The average Bonchev–Trinajstić information content (AvgIpc) is 3.33. The monoisotopic (exact) mass is 1120 g/mol. The Bertz CT molecular complexity index is 1450. The van der Waals surface area contributed by atoms with Crippen molar-refractivity contribution in [3.05, 3.63) is 24.3 Å². The van der Waals surface area contributed by atoms with Gasteiger partial charge in [0.1, 0.15) is 51.7 Å². The molecule has 76 heavy (non-hydrogen) atoms. The molecule has 0 radical (unpaired) electrons. The van der Waals surface area contributed by atoms with Gasteiger partial charge in [-0.2, -0.15) is 0 Å². The molecule has 0 heterocycles. The van der Waals surface area contributed by atoms with Crippen LogP contribution in [0.3, 0.4) is 0 Å². The predicted octanol–water partition coefficient (Wildman–Crippen LogP) is 3.98. The summed E-state index contributed by atoms with van der Waals surface area (Å²) < 4.78 is 33.3. The number of ether oxygens (including phenoxy) is 6. The number of aliphatic hydroxyl groups is 2. The van der Waals surface area contributed by atoms with Crippen LogP contribution >= 0.6 is 0 Å². The molecule has 0 spiro atoms. The number of unbranched alkanes of at least 4 members (excludes halogenated alkanes) is 14. The average molecular weight is 1130 g/mol. The van der Waals surface area contributed by atoms with Crippen LogP contribution < -0.4 is 24.8 Å². The SMILES string of the molecule is CCCCCC(OC(=O)C[N+](C)(C)CCOC(=O)CCC)C(O)C/C=C\CCCCCCCC(=O)OCCOC(=O)CCCCCCC/C=C\CC(O)C(CCCCC)OC(=O)C[N+](C)(C)CCOC(=O)CCC.[Cl-].[Cl-]. The first-order valence-electron chi connectivity index (χ1n) is 28.7.